The molecule has 0 aliphatic heterocycles. The summed E-state index contributed by atoms with van der Waals surface area (Å²) in [6, 6.07) is -1.01. The van der Waals surface area contributed by atoms with Gasteiger partial charge >= 0.3 is 0 Å². The lowest BCUT2D eigenvalue weighted by Crippen LogP contribution is -2.53. The van der Waals surface area contributed by atoms with Crippen LogP contribution in [0.25, 0.3) is 0 Å². The lowest BCUT2D eigenvalue weighted by molar-refractivity contribution is -0.132. The molecule has 0 aliphatic carbocycles. The van der Waals surface area contributed by atoms with Gasteiger partial charge in [0.25, 0.3) is 0 Å². The van der Waals surface area contributed by atoms with Crippen molar-refractivity contribution in [1.29, 1.82) is 0 Å². The normalized spacial score (nSPS) is 13.9. The minimum atomic E-state index is -1.29. The topological polar surface area (TPSA) is 110 Å². The second-order valence-corrected chi connectivity index (χ2v) is 20.0. The van der Waals surface area contributed by atoms with Crippen LogP contribution < -0.4 is 5.32 Å². The zero-order valence-corrected chi connectivity index (χ0v) is 43.0. The number of hydrogen-bond donors (Lipinski definition) is 5. The first-order chi connectivity index (χ1) is 31.5. The summed E-state index contributed by atoms with van der Waals surface area (Å²) in [5, 5.41) is 44.0. The highest BCUT2D eigenvalue weighted by atomic mass is 16.3. The molecule has 0 aromatic carbocycles. The van der Waals surface area contributed by atoms with E-state index < -0.39 is 36.9 Å². The Balaban J connectivity index is 3.66. The van der Waals surface area contributed by atoms with Gasteiger partial charge in [0.1, 0.15) is 12.2 Å². The van der Waals surface area contributed by atoms with Gasteiger partial charge in [-0.3, -0.25) is 4.79 Å². The van der Waals surface area contributed by atoms with Crippen LogP contribution in [0, 0.1) is 0 Å². The molecule has 0 spiro atoms. The zero-order chi connectivity index (χ0) is 46.7. The molecular weight excluding hydrogens is 791 g/mol. The third kappa shape index (κ3) is 45.9. The smallest absolute Gasteiger partial charge is 0.249 e. The highest BCUT2D eigenvalue weighted by Gasteiger charge is 2.28. The molecule has 4 unspecified atom stereocenters. The number of aliphatic hydroxyl groups excluding tert-OH is 4. The number of allylic oxidation sites excluding steroid dienone is 4. The van der Waals surface area contributed by atoms with Crippen molar-refractivity contribution >= 4 is 5.91 Å². The SMILES string of the molecule is CCCCCCCCCCCCCCCCCCC/C=C/CC/C=C/CCCC(O)C(O)C(CO)NC(=O)C(O)CCCCCCCCCCCCCCCCCCCCCCCC. The minimum Gasteiger partial charge on any atom is -0.394 e. The molecule has 0 radical (unpaired) electrons. The van der Waals surface area contributed by atoms with Crippen LogP contribution in [0.4, 0.5) is 0 Å². The summed E-state index contributed by atoms with van der Waals surface area (Å²) >= 11 is 0. The fraction of sp³-hybridized carbons (Fsp3) is 0.914. The summed E-state index contributed by atoms with van der Waals surface area (Å²) in [6.07, 6.45) is 64.0. The van der Waals surface area contributed by atoms with E-state index in [2.05, 4.69) is 43.5 Å². The van der Waals surface area contributed by atoms with Crippen LogP contribution >= 0.6 is 0 Å². The fourth-order valence-corrected chi connectivity index (χ4v) is 9.13. The van der Waals surface area contributed by atoms with Gasteiger partial charge in [-0.15, -0.1) is 0 Å². The van der Waals surface area contributed by atoms with Crippen LogP contribution in [-0.4, -0.2) is 57.3 Å². The minimum absolute atomic E-state index is 0.365. The summed E-state index contributed by atoms with van der Waals surface area (Å²) in [6.45, 7) is 4.08. The van der Waals surface area contributed by atoms with E-state index in [-0.39, 0.29) is 0 Å². The van der Waals surface area contributed by atoms with Gasteiger partial charge in [0.15, 0.2) is 0 Å². The summed E-state index contributed by atoms with van der Waals surface area (Å²) in [5.41, 5.74) is 0. The lowest BCUT2D eigenvalue weighted by atomic mass is 10.00. The summed E-state index contributed by atoms with van der Waals surface area (Å²) in [4.78, 5) is 12.6. The molecule has 0 saturated heterocycles. The molecule has 0 aromatic rings. The van der Waals surface area contributed by atoms with Gasteiger partial charge < -0.3 is 25.7 Å². The summed E-state index contributed by atoms with van der Waals surface area (Å²) in [5.74, 6) is -0.592. The Labute approximate surface area is 399 Å². The van der Waals surface area contributed by atoms with Crippen molar-refractivity contribution in [2.45, 2.75) is 334 Å². The van der Waals surface area contributed by atoms with Gasteiger partial charge in [-0.25, -0.2) is 0 Å². The lowest BCUT2D eigenvalue weighted by Gasteiger charge is -2.27. The molecule has 0 fully saturated rings. The average molecular weight is 905 g/mol. The van der Waals surface area contributed by atoms with Crippen LogP contribution in [0.1, 0.15) is 309 Å². The molecule has 64 heavy (non-hydrogen) atoms. The second kappa shape index (κ2) is 52.8. The highest BCUT2D eigenvalue weighted by molar-refractivity contribution is 5.80. The van der Waals surface area contributed by atoms with Gasteiger partial charge in [0, 0.05) is 0 Å². The number of carbonyl (C=O) groups excluding carboxylic acids is 1. The maximum absolute atomic E-state index is 12.6. The van der Waals surface area contributed by atoms with E-state index >= 15 is 0 Å². The molecule has 380 valence electrons. The monoisotopic (exact) mass is 904 g/mol. The number of unbranched alkanes of at least 4 members (excludes halogenated alkanes) is 40. The quantitative estimate of drug-likeness (QED) is 0.0308. The van der Waals surface area contributed by atoms with Crippen LogP contribution in [0.5, 0.6) is 0 Å². The highest BCUT2D eigenvalue weighted by Crippen LogP contribution is 2.18. The molecular formula is C58H113NO5. The molecule has 6 heteroatoms. The zero-order valence-electron chi connectivity index (χ0n) is 43.0. The van der Waals surface area contributed by atoms with E-state index in [9.17, 15) is 25.2 Å². The van der Waals surface area contributed by atoms with E-state index in [0.717, 1.165) is 38.5 Å². The van der Waals surface area contributed by atoms with Gasteiger partial charge in [-0.05, 0) is 51.4 Å². The standard InChI is InChI=1S/C58H113NO5/c1-3-5-7-9-11-13-15-17-19-21-23-25-27-28-29-30-32-33-35-37-39-41-43-45-47-49-51-55(61)57(63)54(53-60)59-58(64)56(62)52-50-48-46-44-42-40-38-36-34-31-26-24-22-20-18-16-14-12-10-8-6-4-2/h35,37,43,45,54-57,60-63H,3-34,36,38-42,44,46-53H2,1-2H3,(H,59,64)/b37-35+,45-43+. The predicted molar refractivity (Wildman–Crippen MR) is 279 cm³/mol. The number of rotatable bonds is 53. The molecule has 0 bridgehead atoms. The molecule has 4 atom stereocenters. The van der Waals surface area contributed by atoms with Crippen LogP contribution in [0.3, 0.4) is 0 Å². The Kier molecular flexibility index (Phi) is 51.8. The Hall–Kier alpha value is -1.21. The van der Waals surface area contributed by atoms with Crippen LogP contribution in [0.2, 0.25) is 0 Å². The van der Waals surface area contributed by atoms with E-state index in [1.807, 2.05) is 0 Å². The number of carbonyl (C=O) groups is 1. The van der Waals surface area contributed by atoms with Crippen molar-refractivity contribution in [1.82, 2.24) is 5.32 Å². The summed E-state index contributed by atoms with van der Waals surface area (Å²) in [7, 11) is 0. The van der Waals surface area contributed by atoms with E-state index in [4.69, 9.17) is 0 Å². The molecule has 1 amide bonds. The number of hydrogen-bond acceptors (Lipinski definition) is 5. The van der Waals surface area contributed by atoms with Crippen molar-refractivity contribution in [3.05, 3.63) is 24.3 Å². The second-order valence-electron chi connectivity index (χ2n) is 20.0. The first-order valence-corrected chi connectivity index (χ1v) is 28.7. The van der Waals surface area contributed by atoms with Crippen molar-refractivity contribution < 1.29 is 25.2 Å². The maximum atomic E-state index is 12.6. The van der Waals surface area contributed by atoms with Crippen LogP contribution in [-0.2, 0) is 4.79 Å². The Morgan fingerprint density at radius 1 is 0.375 bits per heavy atom. The van der Waals surface area contributed by atoms with Gasteiger partial charge in [-0.1, -0.05) is 282 Å². The van der Waals surface area contributed by atoms with Crippen molar-refractivity contribution in [3.8, 4) is 0 Å². The van der Waals surface area contributed by atoms with Crippen molar-refractivity contribution in [2.24, 2.45) is 0 Å². The molecule has 0 aromatic heterocycles. The van der Waals surface area contributed by atoms with E-state index in [1.165, 1.54) is 238 Å². The van der Waals surface area contributed by atoms with Crippen molar-refractivity contribution in [2.75, 3.05) is 6.61 Å². The van der Waals surface area contributed by atoms with Gasteiger partial charge in [-0.2, -0.15) is 0 Å². The first-order valence-electron chi connectivity index (χ1n) is 28.7. The van der Waals surface area contributed by atoms with E-state index in [1.54, 1.807) is 0 Å². The third-order valence-electron chi connectivity index (χ3n) is 13.6. The molecule has 0 rings (SSSR count). The molecule has 0 aliphatic rings. The van der Waals surface area contributed by atoms with Crippen molar-refractivity contribution in [3.63, 3.8) is 0 Å². The third-order valence-corrected chi connectivity index (χ3v) is 13.6. The largest absolute Gasteiger partial charge is 0.394 e. The molecule has 6 nitrogen and oxygen atoms in total. The van der Waals surface area contributed by atoms with Crippen LogP contribution in [0.15, 0.2) is 24.3 Å². The molecule has 0 heterocycles. The first kappa shape index (κ1) is 62.8. The van der Waals surface area contributed by atoms with E-state index in [0.29, 0.717) is 19.3 Å². The Morgan fingerprint density at radius 3 is 0.984 bits per heavy atom. The average Bonchev–Trinajstić information content (AvgIpc) is 3.30. The molecule has 5 N–H and O–H groups in total. The fourth-order valence-electron chi connectivity index (χ4n) is 9.13. The summed E-state index contributed by atoms with van der Waals surface area (Å²) < 4.78 is 0. The predicted octanol–water partition coefficient (Wildman–Crippen LogP) is 16.6. The maximum Gasteiger partial charge on any atom is 0.249 e. The Bertz CT molecular complexity index is 970. The number of nitrogens with one attached hydrogen (secondary N) is 1. The Morgan fingerprint density at radius 2 is 0.656 bits per heavy atom. The number of aliphatic hydroxyl groups is 4. The molecule has 0 saturated carbocycles. The van der Waals surface area contributed by atoms with Gasteiger partial charge in [0.2, 0.25) is 5.91 Å². The van der Waals surface area contributed by atoms with Gasteiger partial charge in [0.05, 0.1) is 18.8 Å². The number of amides is 1.